The molecule has 17 heteroatoms. The highest BCUT2D eigenvalue weighted by Gasteiger charge is 2.49. The molecular formula is C32H36ClF5N8O3. The first-order valence-electron chi connectivity index (χ1n) is 16.2. The number of rotatable bonds is 6. The van der Waals surface area contributed by atoms with Crippen LogP contribution in [-0.4, -0.2) is 87.5 Å². The summed E-state index contributed by atoms with van der Waals surface area (Å²) in [7, 11) is 3.21. The van der Waals surface area contributed by atoms with Crippen LogP contribution in [0.15, 0.2) is 12.1 Å². The Kier molecular flexibility index (Phi) is 8.63. The van der Waals surface area contributed by atoms with E-state index in [4.69, 9.17) is 31.8 Å². The van der Waals surface area contributed by atoms with Crippen LogP contribution in [0, 0.1) is 5.82 Å². The van der Waals surface area contributed by atoms with Crippen LogP contribution in [0.3, 0.4) is 0 Å². The van der Waals surface area contributed by atoms with E-state index in [-0.39, 0.29) is 48.8 Å². The zero-order valence-corrected chi connectivity index (χ0v) is 27.8. The van der Waals surface area contributed by atoms with Crippen molar-refractivity contribution in [1.29, 1.82) is 0 Å². The molecule has 4 aliphatic heterocycles. The van der Waals surface area contributed by atoms with E-state index in [0.29, 0.717) is 55.2 Å². The minimum Gasteiger partial charge on any atom is -0.461 e. The number of nitrogens with zero attached hydrogens (tertiary/aromatic N) is 7. The van der Waals surface area contributed by atoms with Crippen LogP contribution in [0.25, 0.3) is 0 Å². The Bertz CT molecular complexity index is 1790. The Hall–Kier alpha value is -3.76. The van der Waals surface area contributed by atoms with Crippen molar-refractivity contribution in [3.05, 3.63) is 56.7 Å². The van der Waals surface area contributed by atoms with Gasteiger partial charge in [-0.15, -0.1) is 0 Å². The summed E-state index contributed by atoms with van der Waals surface area (Å²) in [5.41, 5.74) is 4.44. The Morgan fingerprint density at radius 2 is 2.00 bits per heavy atom. The summed E-state index contributed by atoms with van der Waals surface area (Å²) in [6.07, 6.45) is -4.85. The van der Waals surface area contributed by atoms with Gasteiger partial charge < -0.3 is 25.0 Å². The van der Waals surface area contributed by atoms with Gasteiger partial charge in [-0.2, -0.15) is 28.2 Å². The van der Waals surface area contributed by atoms with Crippen molar-refractivity contribution in [2.24, 2.45) is 0 Å². The molecule has 264 valence electrons. The predicted molar refractivity (Wildman–Crippen MR) is 169 cm³/mol. The molecule has 1 aromatic carbocycles. The van der Waals surface area contributed by atoms with E-state index in [9.17, 15) is 22.4 Å². The molecule has 7 rings (SSSR count). The number of aryl methyl sites for hydroxylation is 1. The van der Waals surface area contributed by atoms with Crippen molar-refractivity contribution in [3.8, 4) is 6.01 Å². The maximum absolute atomic E-state index is 15.3. The Morgan fingerprint density at radius 3 is 2.76 bits per heavy atom. The molecule has 2 aromatic heterocycles. The number of hydrogen-bond acceptors (Lipinski definition) is 9. The largest absolute Gasteiger partial charge is 0.461 e. The summed E-state index contributed by atoms with van der Waals surface area (Å²) in [6.45, 7) is 2.13. The average Bonchev–Trinajstić information content (AvgIpc) is 3.62. The minimum absolute atomic E-state index is 0.0330. The lowest BCUT2D eigenvalue weighted by Gasteiger charge is -2.33. The topological polar surface area (TPSA) is 115 Å². The first kappa shape index (κ1) is 33.7. The van der Waals surface area contributed by atoms with Gasteiger partial charge in [0.1, 0.15) is 18.6 Å². The Labute approximate surface area is 284 Å². The first-order valence-corrected chi connectivity index (χ1v) is 16.5. The van der Waals surface area contributed by atoms with Crippen LogP contribution in [-0.2, 0) is 37.0 Å². The molecule has 0 bridgehead atoms. The number of carbonyl (C=O) groups is 1. The smallest absolute Gasteiger partial charge is 0.416 e. The van der Waals surface area contributed by atoms with Gasteiger partial charge in [-0.05, 0) is 37.9 Å². The van der Waals surface area contributed by atoms with Crippen LogP contribution in [0.5, 0.6) is 6.01 Å². The van der Waals surface area contributed by atoms with Crippen LogP contribution in [0.4, 0.5) is 33.5 Å². The van der Waals surface area contributed by atoms with Gasteiger partial charge in [0.25, 0.3) is 5.91 Å². The Balaban J connectivity index is 1.27. The fourth-order valence-electron chi connectivity index (χ4n) is 7.57. The maximum Gasteiger partial charge on any atom is 0.416 e. The van der Waals surface area contributed by atoms with Crippen molar-refractivity contribution in [1.82, 2.24) is 29.5 Å². The quantitative estimate of drug-likeness (QED) is 0.281. The molecule has 2 saturated heterocycles. The van der Waals surface area contributed by atoms with Gasteiger partial charge in [-0.1, -0.05) is 11.6 Å². The molecule has 0 spiro atoms. The molecule has 2 N–H and O–H groups in total. The van der Waals surface area contributed by atoms with Crippen LogP contribution in [0.2, 0.25) is 5.02 Å². The second-order valence-electron chi connectivity index (χ2n) is 13.4. The molecule has 11 nitrogen and oxygen atoms in total. The van der Waals surface area contributed by atoms with Gasteiger partial charge >= 0.3 is 12.2 Å². The summed E-state index contributed by atoms with van der Waals surface area (Å²) in [6, 6.07) is 1.60. The van der Waals surface area contributed by atoms with E-state index in [0.717, 1.165) is 31.5 Å². The Morgan fingerprint density at radius 1 is 1.20 bits per heavy atom. The molecule has 3 aromatic rings. The summed E-state index contributed by atoms with van der Waals surface area (Å²) >= 11 is 6.72. The molecule has 4 aliphatic rings. The van der Waals surface area contributed by atoms with Crippen LogP contribution < -0.4 is 15.4 Å². The summed E-state index contributed by atoms with van der Waals surface area (Å²) in [5.74, 6) is -1.14. The summed E-state index contributed by atoms with van der Waals surface area (Å²) in [4.78, 5) is 27.6. The number of halogens is 6. The number of alkyl halides is 4. The highest BCUT2D eigenvalue weighted by molar-refractivity contribution is 6.34. The lowest BCUT2D eigenvalue weighted by Crippen LogP contribution is -2.43. The van der Waals surface area contributed by atoms with Gasteiger partial charge in [0.05, 0.1) is 52.5 Å². The molecule has 0 radical (unpaired) electrons. The average molecular weight is 711 g/mol. The van der Waals surface area contributed by atoms with Crippen molar-refractivity contribution >= 4 is 29.0 Å². The van der Waals surface area contributed by atoms with E-state index in [1.807, 2.05) is 4.90 Å². The van der Waals surface area contributed by atoms with Crippen molar-refractivity contribution in [3.63, 3.8) is 0 Å². The van der Waals surface area contributed by atoms with Gasteiger partial charge in [-0.25, -0.2) is 8.78 Å². The number of anilines is 2. The van der Waals surface area contributed by atoms with Gasteiger partial charge in [0.2, 0.25) is 0 Å². The van der Waals surface area contributed by atoms with E-state index in [1.54, 1.807) is 18.8 Å². The molecule has 0 saturated carbocycles. The lowest BCUT2D eigenvalue weighted by molar-refractivity contribution is -0.140. The van der Waals surface area contributed by atoms with Gasteiger partial charge in [0.15, 0.2) is 11.5 Å². The second-order valence-corrected chi connectivity index (χ2v) is 13.7. The number of ether oxygens (including phenoxy) is 2. The molecule has 0 aliphatic carbocycles. The van der Waals surface area contributed by atoms with E-state index in [2.05, 4.69) is 15.0 Å². The number of fused-ring (bicyclic) bond motifs is 3. The molecule has 3 atom stereocenters. The number of amides is 1. The minimum atomic E-state index is -4.86. The SMILES string of the molecule is CN(C)C(=O)c1nn2c(c1Cl)CN(c1nc(OC[C@@]34CCCN3C[C@H](F)C4)nc3c1CO[C@@H](c1c(C(F)(F)F)ccc(N)c1F)C3)CCC2. The third kappa shape index (κ3) is 6.05. The number of benzene rings is 1. The monoisotopic (exact) mass is 710 g/mol. The number of carbonyl (C=O) groups excluding carboxylic acids is 1. The number of nitrogen functional groups attached to an aromatic ring is 1. The number of nitrogens with two attached hydrogens (primary N) is 1. The lowest BCUT2D eigenvalue weighted by atomic mass is 9.94. The zero-order chi connectivity index (χ0) is 34.8. The molecule has 2 fully saturated rings. The first-order chi connectivity index (χ1) is 23.3. The summed E-state index contributed by atoms with van der Waals surface area (Å²) < 4.78 is 85.9. The fourth-order valence-corrected chi connectivity index (χ4v) is 7.85. The molecule has 49 heavy (non-hydrogen) atoms. The highest BCUT2D eigenvalue weighted by atomic mass is 35.5. The summed E-state index contributed by atoms with van der Waals surface area (Å²) in [5, 5.41) is 4.68. The van der Waals surface area contributed by atoms with E-state index >= 15 is 4.39 Å². The normalized spacial score (nSPS) is 24.0. The third-order valence-corrected chi connectivity index (χ3v) is 10.4. The third-order valence-electron chi connectivity index (χ3n) is 9.97. The number of hydrogen-bond donors (Lipinski definition) is 1. The van der Waals surface area contributed by atoms with Crippen LogP contribution >= 0.6 is 11.6 Å². The van der Waals surface area contributed by atoms with E-state index < -0.39 is 46.6 Å². The van der Waals surface area contributed by atoms with E-state index in [1.165, 1.54) is 4.90 Å². The molecule has 1 amide bonds. The fraction of sp³-hybridized carbons (Fsp3) is 0.562. The second kappa shape index (κ2) is 12.5. The van der Waals surface area contributed by atoms with Crippen molar-refractivity contribution in [2.75, 3.05) is 51.0 Å². The number of aromatic nitrogens is 4. The van der Waals surface area contributed by atoms with Gasteiger partial charge in [0, 0.05) is 57.7 Å². The zero-order valence-electron chi connectivity index (χ0n) is 27.0. The van der Waals surface area contributed by atoms with Crippen molar-refractivity contribution in [2.45, 2.75) is 75.8 Å². The molecular weight excluding hydrogens is 675 g/mol. The molecule has 0 unspecified atom stereocenters. The molecule has 6 heterocycles. The maximum atomic E-state index is 15.3. The highest BCUT2D eigenvalue weighted by Crippen LogP contribution is 2.44. The standard InChI is InChI=1S/C32H36ClF5N8O3/c1-43(2)29(47)27-25(33)22-14-44(8-4-10-46(22)42-27)28-18-15-48-23(24-19(32(36,37)38)5-6-20(39)26(24)35)11-21(18)40-30(41-28)49-16-31-7-3-9-45(31)13-17(34)12-31/h5-6,17,23H,3-4,7-16,39H2,1-2H3/t17-,23-,31+/m1/s1. The van der Waals surface area contributed by atoms with Crippen LogP contribution in [0.1, 0.15) is 70.4 Å². The predicted octanol–water partition coefficient (Wildman–Crippen LogP) is 4.95. The van der Waals surface area contributed by atoms with Crippen molar-refractivity contribution < 1.29 is 36.2 Å². The van der Waals surface area contributed by atoms with Gasteiger partial charge in [-0.3, -0.25) is 14.4 Å².